The molecule has 0 saturated carbocycles. The smallest absolute Gasteiger partial charge is 0.339 e. The van der Waals surface area contributed by atoms with Crippen LogP contribution in [0.4, 0.5) is 10.1 Å². The van der Waals surface area contributed by atoms with Crippen molar-refractivity contribution >= 4 is 29.3 Å². The number of amides is 1. The second kappa shape index (κ2) is 7.75. The maximum absolute atomic E-state index is 12.9. The van der Waals surface area contributed by atoms with Crippen LogP contribution in [0.2, 0.25) is 0 Å². The summed E-state index contributed by atoms with van der Waals surface area (Å²) in [5, 5.41) is 11.3. The number of ether oxygens (including phenoxy) is 1. The van der Waals surface area contributed by atoms with E-state index in [9.17, 15) is 24.1 Å². The summed E-state index contributed by atoms with van der Waals surface area (Å²) in [5.41, 5.74) is 4.62. The van der Waals surface area contributed by atoms with Crippen molar-refractivity contribution in [2.75, 3.05) is 0 Å². The number of esters is 1. The summed E-state index contributed by atoms with van der Waals surface area (Å²) < 4.78 is 17.8. The van der Waals surface area contributed by atoms with E-state index < -0.39 is 28.7 Å². The van der Waals surface area contributed by atoms with Gasteiger partial charge in [-0.2, -0.15) is 0 Å². The van der Waals surface area contributed by atoms with Crippen LogP contribution < -0.4 is 5.73 Å². The third-order valence-corrected chi connectivity index (χ3v) is 4.19. The first-order chi connectivity index (χ1) is 11.8. The minimum absolute atomic E-state index is 0.0803. The average molecular weight is 364 g/mol. The van der Waals surface area contributed by atoms with Crippen LogP contribution in [0.15, 0.2) is 52.3 Å². The van der Waals surface area contributed by atoms with E-state index in [2.05, 4.69) is 0 Å². The molecule has 2 rings (SSSR count). The van der Waals surface area contributed by atoms with Crippen LogP contribution in [-0.2, 0) is 9.53 Å². The zero-order chi connectivity index (χ0) is 18.6. The summed E-state index contributed by atoms with van der Waals surface area (Å²) in [6, 6.07) is 9.24. The topological polar surface area (TPSA) is 113 Å². The van der Waals surface area contributed by atoms with Gasteiger partial charge in [0.05, 0.1) is 15.4 Å². The highest BCUT2D eigenvalue weighted by molar-refractivity contribution is 7.99. The van der Waals surface area contributed by atoms with E-state index >= 15 is 0 Å². The first-order valence-electron chi connectivity index (χ1n) is 7.00. The second-order valence-corrected chi connectivity index (χ2v) is 6.06. The zero-order valence-corrected chi connectivity index (χ0v) is 13.8. The molecule has 0 aliphatic rings. The van der Waals surface area contributed by atoms with Crippen molar-refractivity contribution in [2.45, 2.75) is 22.8 Å². The van der Waals surface area contributed by atoms with Crippen molar-refractivity contribution in [1.29, 1.82) is 0 Å². The van der Waals surface area contributed by atoms with Crippen LogP contribution in [0.25, 0.3) is 0 Å². The standard InChI is InChI=1S/C16H13FN2O5S/c1-9(15(18)20)24-16(21)10-2-7-14(13(8-10)19(22)23)25-12-5-3-11(17)4-6-12/h2-9H,1H3,(H2,18,20). The lowest BCUT2D eigenvalue weighted by atomic mass is 10.2. The number of nitro groups is 1. The lowest BCUT2D eigenvalue weighted by Gasteiger charge is -2.10. The molecule has 0 aliphatic carbocycles. The fourth-order valence-electron chi connectivity index (χ4n) is 1.79. The highest BCUT2D eigenvalue weighted by Gasteiger charge is 2.21. The molecule has 1 amide bonds. The number of carbonyl (C=O) groups is 2. The Bertz CT molecular complexity index is 826. The molecule has 130 valence electrons. The van der Waals surface area contributed by atoms with E-state index in [0.717, 1.165) is 17.8 Å². The Morgan fingerprint density at radius 1 is 1.24 bits per heavy atom. The summed E-state index contributed by atoms with van der Waals surface area (Å²) in [4.78, 5) is 34.4. The third-order valence-electron chi connectivity index (χ3n) is 3.12. The molecule has 1 atom stereocenters. The number of hydrogen-bond acceptors (Lipinski definition) is 6. The van der Waals surface area contributed by atoms with Gasteiger partial charge in [-0.05, 0) is 43.3 Å². The van der Waals surface area contributed by atoms with E-state index in [1.807, 2.05) is 0 Å². The van der Waals surface area contributed by atoms with Gasteiger partial charge in [0.2, 0.25) is 0 Å². The van der Waals surface area contributed by atoms with Gasteiger partial charge in [0.15, 0.2) is 6.10 Å². The van der Waals surface area contributed by atoms with Crippen LogP contribution in [0.5, 0.6) is 0 Å². The molecule has 0 aromatic heterocycles. The van der Waals surface area contributed by atoms with Crippen molar-refractivity contribution in [3.63, 3.8) is 0 Å². The van der Waals surface area contributed by atoms with Crippen LogP contribution in [0, 0.1) is 15.9 Å². The minimum Gasteiger partial charge on any atom is -0.449 e. The van der Waals surface area contributed by atoms with E-state index in [4.69, 9.17) is 10.5 Å². The molecule has 9 heteroatoms. The maximum Gasteiger partial charge on any atom is 0.339 e. The SMILES string of the molecule is CC(OC(=O)c1ccc(Sc2ccc(F)cc2)c([N+](=O)[O-])c1)C(N)=O. The molecule has 0 heterocycles. The molecule has 1 unspecified atom stereocenters. The molecular weight excluding hydrogens is 351 g/mol. The predicted molar refractivity (Wildman–Crippen MR) is 87.7 cm³/mol. The maximum atomic E-state index is 12.9. The van der Waals surface area contributed by atoms with Crippen LogP contribution in [0.1, 0.15) is 17.3 Å². The van der Waals surface area contributed by atoms with E-state index in [-0.39, 0.29) is 16.1 Å². The molecule has 25 heavy (non-hydrogen) atoms. The molecule has 2 aromatic rings. The van der Waals surface area contributed by atoms with Crippen LogP contribution in [0.3, 0.4) is 0 Å². The molecule has 0 radical (unpaired) electrons. The van der Waals surface area contributed by atoms with Gasteiger partial charge >= 0.3 is 5.97 Å². The Hall–Kier alpha value is -2.94. The summed E-state index contributed by atoms with van der Waals surface area (Å²) >= 11 is 1.06. The molecule has 2 aromatic carbocycles. The van der Waals surface area contributed by atoms with Gasteiger partial charge in [0.25, 0.3) is 11.6 Å². The Kier molecular flexibility index (Phi) is 5.71. The second-order valence-electron chi connectivity index (χ2n) is 4.95. The molecule has 0 saturated heterocycles. The molecular formula is C16H13FN2O5S. The molecule has 2 N–H and O–H groups in total. The highest BCUT2D eigenvalue weighted by Crippen LogP contribution is 2.35. The average Bonchev–Trinajstić information content (AvgIpc) is 2.56. The molecule has 7 nitrogen and oxygen atoms in total. The predicted octanol–water partition coefficient (Wildman–Crippen LogP) is 2.92. The van der Waals surface area contributed by atoms with Gasteiger partial charge in [-0.1, -0.05) is 11.8 Å². The summed E-state index contributed by atoms with van der Waals surface area (Å²) in [5.74, 6) is -2.14. The quantitative estimate of drug-likeness (QED) is 0.479. The van der Waals surface area contributed by atoms with Crippen LogP contribution >= 0.6 is 11.8 Å². The van der Waals surface area contributed by atoms with Crippen molar-refractivity contribution in [3.8, 4) is 0 Å². The van der Waals surface area contributed by atoms with Crippen LogP contribution in [-0.4, -0.2) is 22.9 Å². The fraction of sp³-hybridized carbons (Fsp3) is 0.125. The molecule has 0 bridgehead atoms. The van der Waals surface area contributed by atoms with Gasteiger partial charge in [-0.25, -0.2) is 9.18 Å². The fourth-order valence-corrected chi connectivity index (χ4v) is 2.69. The summed E-state index contributed by atoms with van der Waals surface area (Å²) in [7, 11) is 0. The van der Waals surface area contributed by atoms with E-state index in [0.29, 0.717) is 4.90 Å². The Morgan fingerprint density at radius 2 is 1.88 bits per heavy atom. The number of carbonyl (C=O) groups excluding carboxylic acids is 2. The Balaban J connectivity index is 2.28. The lowest BCUT2D eigenvalue weighted by Crippen LogP contribution is -2.30. The minimum atomic E-state index is -1.15. The Labute approximate surface area is 146 Å². The lowest BCUT2D eigenvalue weighted by molar-refractivity contribution is -0.387. The summed E-state index contributed by atoms with van der Waals surface area (Å²) in [6.45, 7) is 1.30. The van der Waals surface area contributed by atoms with E-state index in [1.54, 1.807) is 0 Å². The van der Waals surface area contributed by atoms with Crippen molar-refractivity contribution in [3.05, 3.63) is 64.0 Å². The number of benzene rings is 2. The Morgan fingerprint density at radius 3 is 2.44 bits per heavy atom. The van der Waals surface area contributed by atoms with Gasteiger partial charge in [-0.15, -0.1) is 0 Å². The number of nitrogens with two attached hydrogens (primary N) is 1. The molecule has 0 aliphatic heterocycles. The van der Waals surface area contributed by atoms with Gasteiger partial charge < -0.3 is 10.5 Å². The largest absolute Gasteiger partial charge is 0.449 e. The first-order valence-corrected chi connectivity index (χ1v) is 7.81. The molecule has 0 spiro atoms. The summed E-state index contributed by atoms with van der Waals surface area (Å²) in [6.07, 6.45) is -1.15. The number of halogens is 1. The number of primary amides is 1. The number of nitro benzene ring substituents is 1. The van der Waals surface area contributed by atoms with Crippen molar-refractivity contribution < 1.29 is 23.6 Å². The first kappa shape index (κ1) is 18.4. The van der Waals surface area contributed by atoms with E-state index in [1.165, 1.54) is 43.3 Å². The van der Waals surface area contributed by atoms with Gasteiger partial charge in [0.1, 0.15) is 5.82 Å². The monoisotopic (exact) mass is 364 g/mol. The highest BCUT2D eigenvalue weighted by atomic mass is 32.2. The number of nitrogens with zero attached hydrogens (tertiary/aromatic N) is 1. The number of hydrogen-bond donors (Lipinski definition) is 1. The van der Waals surface area contributed by atoms with Gasteiger partial charge in [-0.3, -0.25) is 14.9 Å². The zero-order valence-electron chi connectivity index (χ0n) is 13.0. The van der Waals surface area contributed by atoms with Gasteiger partial charge in [0, 0.05) is 11.0 Å². The van der Waals surface area contributed by atoms with Crippen molar-refractivity contribution in [1.82, 2.24) is 0 Å². The normalized spacial score (nSPS) is 11.6. The van der Waals surface area contributed by atoms with Crippen molar-refractivity contribution in [2.24, 2.45) is 5.73 Å². The number of rotatable bonds is 6. The third kappa shape index (κ3) is 4.77. The molecule has 0 fully saturated rings.